The lowest BCUT2D eigenvalue weighted by molar-refractivity contribution is 1.29. The molecule has 0 saturated heterocycles. The standard InChI is InChI=1S/C19H13ClN2/c20-17-7-4-15(5-8-17)16-6-12-19(22-13-16)11-3-14-1-9-18(21)10-2-14/h1-2,4-10,12-13H,21H2. The van der Waals surface area contributed by atoms with Crippen molar-refractivity contribution < 1.29 is 0 Å². The number of aromatic nitrogens is 1. The number of rotatable bonds is 1. The molecule has 2 N–H and O–H groups in total. The molecule has 0 saturated carbocycles. The summed E-state index contributed by atoms with van der Waals surface area (Å²) < 4.78 is 0. The van der Waals surface area contributed by atoms with Crippen molar-refractivity contribution in [1.29, 1.82) is 0 Å². The Bertz CT molecular complexity index is 824. The van der Waals surface area contributed by atoms with Crippen LogP contribution in [0.2, 0.25) is 5.02 Å². The monoisotopic (exact) mass is 304 g/mol. The van der Waals surface area contributed by atoms with Gasteiger partial charge in [-0.05, 0) is 53.9 Å². The van der Waals surface area contributed by atoms with Crippen molar-refractivity contribution >= 4 is 17.3 Å². The lowest BCUT2D eigenvalue weighted by atomic mass is 10.1. The average molecular weight is 305 g/mol. The Hall–Kier alpha value is -2.76. The molecule has 3 heteroatoms. The van der Waals surface area contributed by atoms with Gasteiger partial charge in [0, 0.05) is 28.0 Å². The number of benzene rings is 2. The van der Waals surface area contributed by atoms with E-state index in [0.717, 1.165) is 33.1 Å². The molecule has 22 heavy (non-hydrogen) atoms. The number of hydrogen-bond acceptors (Lipinski definition) is 2. The fourth-order valence-corrected chi connectivity index (χ4v) is 2.11. The van der Waals surface area contributed by atoms with E-state index >= 15 is 0 Å². The van der Waals surface area contributed by atoms with Gasteiger partial charge in [-0.25, -0.2) is 4.98 Å². The minimum Gasteiger partial charge on any atom is -0.399 e. The van der Waals surface area contributed by atoms with E-state index in [4.69, 9.17) is 17.3 Å². The quantitative estimate of drug-likeness (QED) is 0.535. The Morgan fingerprint density at radius 2 is 1.45 bits per heavy atom. The first kappa shape index (κ1) is 14.2. The van der Waals surface area contributed by atoms with Crippen LogP contribution in [0, 0.1) is 11.8 Å². The number of pyridine rings is 1. The van der Waals surface area contributed by atoms with E-state index < -0.39 is 0 Å². The van der Waals surface area contributed by atoms with Crippen LogP contribution in [-0.4, -0.2) is 4.98 Å². The molecule has 0 atom stereocenters. The van der Waals surface area contributed by atoms with Gasteiger partial charge in [0.25, 0.3) is 0 Å². The topological polar surface area (TPSA) is 38.9 Å². The van der Waals surface area contributed by atoms with Crippen molar-refractivity contribution in [3.05, 3.63) is 83.1 Å². The van der Waals surface area contributed by atoms with E-state index in [1.54, 1.807) is 0 Å². The van der Waals surface area contributed by atoms with E-state index in [0.29, 0.717) is 0 Å². The molecule has 0 aliphatic heterocycles. The van der Waals surface area contributed by atoms with Crippen LogP contribution in [0.25, 0.3) is 11.1 Å². The van der Waals surface area contributed by atoms with Crippen molar-refractivity contribution in [2.45, 2.75) is 0 Å². The lowest BCUT2D eigenvalue weighted by Crippen LogP contribution is -1.85. The van der Waals surface area contributed by atoms with Crippen LogP contribution in [0.15, 0.2) is 66.9 Å². The molecule has 1 heterocycles. The molecule has 0 spiro atoms. The number of anilines is 1. The van der Waals surface area contributed by atoms with Crippen LogP contribution in [0.3, 0.4) is 0 Å². The first-order chi connectivity index (χ1) is 10.7. The van der Waals surface area contributed by atoms with Gasteiger partial charge >= 0.3 is 0 Å². The minimum atomic E-state index is 0.725. The summed E-state index contributed by atoms with van der Waals surface area (Å²) >= 11 is 5.89. The zero-order valence-electron chi connectivity index (χ0n) is 11.8. The third kappa shape index (κ3) is 3.46. The van der Waals surface area contributed by atoms with Crippen molar-refractivity contribution in [2.75, 3.05) is 5.73 Å². The van der Waals surface area contributed by atoms with E-state index in [1.807, 2.05) is 66.9 Å². The van der Waals surface area contributed by atoms with Gasteiger partial charge < -0.3 is 5.73 Å². The maximum absolute atomic E-state index is 5.89. The average Bonchev–Trinajstić information content (AvgIpc) is 2.56. The SMILES string of the molecule is Nc1ccc(C#Cc2ccc(-c3ccc(Cl)cc3)cn2)cc1. The Morgan fingerprint density at radius 1 is 0.773 bits per heavy atom. The summed E-state index contributed by atoms with van der Waals surface area (Å²) in [7, 11) is 0. The maximum Gasteiger partial charge on any atom is 0.113 e. The second-order valence-electron chi connectivity index (χ2n) is 4.81. The smallest absolute Gasteiger partial charge is 0.113 e. The molecule has 0 aliphatic rings. The highest BCUT2D eigenvalue weighted by atomic mass is 35.5. The van der Waals surface area contributed by atoms with Gasteiger partial charge in [-0.2, -0.15) is 0 Å². The van der Waals surface area contributed by atoms with Gasteiger partial charge in [0.05, 0.1) is 0 Å². The summed E-state index contributed by atoms with van der Waals surface area (Å²) in [4.78, 5) is 4.38. The third-order valence-corrected chi connectivity index (χ3v) is 3.44. The summed E-state index contributed by atoms with van der Waals surface area (Å²) in [5, 5.41) is 0.725. The Morgan fingerprint density at radius 3 is 2.09 bits per heavy atom. The van der Waals surface area contributed by atoms with Gasteiger partial charge in [-0.15, -0.1) is 0 Å². The zero-order valence-corrected chi connectivity index (χ0v) is 12.5. The summed E-state index contributed by atoms with van der Waals surface area (Å²) in [6.07, 6.45) is 1.82. The van der Waals surface area contributed by atoms with Crippen molar-refractivity contribution in [1.82, 2.24) is 4.98 Å². The van der Waals surface area contributed by atoms with Crippen LogP contribution in [0.5, 0.6) is 0 Å². The van der Waals surface area contributed by atoms with Crippen LogP contribution in [0.4, 0.5) is 5.69 Å². The van der Waals surface area contributed by atoms with Gasteiger partial charge in [-0.3, -0.25) is 0 Å². The molecule has 1 aromatic heterocycles. The van der Waals surface area contributed by atoms with Crippen LogP contribution in [0.1, 0.15) is 11.3 Å². The largest absolute Gasteiger partial charge is 0.399 e. The Kier molecular flexibility index (Phi) is 4.09. The summed E-state index contributed by atoms with van der Waals surface area (Å²) in [5.74, 6) is 6.11. The number of nitrogens with zero attached hydrogens (tertiary/aromatic N) is 1. The molecular formula is C19H13ClN2. The normalized spacial score (nSPS) is 9.86. The fourth-order valence-electron chi connectivity index (χ4n) is 1.98. The molecule has 106 valence electrons. The summed E-state index contributed by atoms with van der Waals surface area (Å²) in [5.41, 5.74) is 10.1. The number of hydrogen-bond donors (Lipinski definition) is 1. The lowest BCUT2D eigenvalue weighted by Gasteiger charge is -2.01. The molecule has 0 aliphatic carbocycles. The molecular weight excluding hydrogens is 292 g/mol. The van der Waals surface area contributed by atoms with Gasteiger partial charge in [-0.1, -0.05) is 35.7 Å². The third-order valence-electron chi connectivity index (χ3n) is 3.19. The number of nitrogens with two attached hydrogens (primary N) is 1. The zero-order chi connectivity index (χ0) is 15.4. The van der Waals surface area contributed by atoms with Gasteiger partial charge in [0.15, 0.2) is 0 Å². The molecule has 3 rings (SSSR count). The number of halogens is 1. The van der Waals surface area contributed by atoms with Gasteiger partial charge in [0.2, 0.25) is 0 Å². The Balaban J connectivity index is 1.80. The number of nitrogen functional groups attached to an aromatic ring is 1. The Labute approximate surface area is 134 Å². The molecule has 0 radical (unpaired) electrons. The fraction of sp³-hybridized carbons (Fsp3) is 0. The first-order valence-electron chi connectivity index (χ1n) is 6.80. The van der Waals surface area contributed by atoms with Crippen LogP contribution in [-0.2, 0) is 0 Å². The van der Waals surface area contributed by atoms with E-state index in [9.17, 15) is 0 Å². The van der Waals surface area contributed by atoms with Crippen LogP contribution < -0.4 is 5.73 Å². The highest BCUT2D eigenvalue weighted by Crippen LogP contribution is 2.20. The first-order valence-corrected chi connectivity index (χ1v) is 7.18. The molecule has 2 aromatic carbocycles. The van der Waals surface area contributed by atoms with Crippen molar-refractivity contribution in [3.63, 3.8) is 0 Å². The van der Waals surface area contributed by atoms with Gasteiger partial charge in [0.1, 0.15) is 5.69 Å². The summed E-state index contributed by atoms with van der Waals surface area (Å²) in [6.45, 7) is 0. The van der Waals surface area contributed by atoms with E-state index in [1.165, 1.54) is 0 Å². The van der Waals surface area contributed by atoms with Crippen molar-refractivity contribution in [2.24, 2.45) is 0 Å². The van der Waals surface area contributed by atoms with E-state index in [2.05, 4.69) is 16.8 Å². The van der Waals surface area contributed by atoms with E-state index in [-0.39, 0.29) is 0 Å². The highest BCUT2D eigenvalue weighted by Gasteiger charge is 1.98. The van der Waals surface area contributed by atoms with Crippen molar-refractivity contribution in [3.8, 4) is 23.0 Å². The highest BCUT2D eigenvalue weighted by molar-refractivity contribution is 6.30. The second kappa shape index (κ2) is 6.34. The van der Waals surface area contributed by atoms with Crippen LogP contribution >= 0.6 is 11.6 Å². The molecule has 0 fully saturated rings. The molecule has 3 aromatic rings. The molecule has 0 bridgehead atoms. The molecule has 2 nitrogen and oxygen atoms in total. The second-order valence-corrected chi connectivity index (χ2v) is 5.25. The summed E-state index contributed by atoms with van der Waals surface area (Å²) in [6, 6.07) is 19.0. The molecule has 0 amide bonds. The molecule has 0 unspecified atom stereocenters. The maximum atomic E-state index is 5.89. The minimum absolute atomic E-state index is 0.725. The predicted molar refractivity (Wildman–Crippen MR) is 91.5 cm³/mol. The predicted octanol–water partition coefficient (Wildman–Crippen LogP) is 4.38.